The molecule has 0 spiro atoms. The van der Waals surface area contributed by atoms with Gasteiger partial charge in [-0.3, -0.25) is 0 Å². The molecule has 3 heteroatoms. The van der Waals surface area contributed by atoms with E-state index < -0.39 is 0 Å². The summed E-state index contributed by atoms with van der Waals surface area (Å²) in [7, 11) is 1.98. The Morgan fingerprint density at radius 2 is 2.12 bits per heavy atom. The van der Waals surface area contributed by atoms with Gasteiger partial charge < -0.3 is 16.4 Å². The maximum absolute atomic E-state index is 5.85. The van der Waals surface area contributed by atoms with E-state index in [1.54, 1.807) is 0 Å². The predicted octanol–water partition coefficient (Wildman–Crippen LogP) is 1.46. The van der Waals surface area contributed by atoms with Crippen molar-refractivity contribution in [2.45, 2.75) is 25.3 Å². The van der Waals surface area contributed by atoms with Gasteiger partial charge in [0, 0.05) is 12.2 Å². The van der Waals surface area contributed by atoms with E-state index in [1.807, 2.05) is 13.1 Å². The van der Waals surface area contributed by atoms with Gasteiger partial charge >= 0.3 is 0 Å². The summed E-state index contributed by atoms with van der Waals surface area (Å²) < 4.78 is 0. The van der Waals surface area contributed by atoms with Crippen LogP contribution in [0.1, 0.15) is 29.9 Å². The number of nitrogens with one attached hydrogen (secondary N) is 2. The fourth-order valence-corrected chi connectivity index (χ4v) is 2.50. The average molecular weight is 219 g/mol. The zero-order chi connectivity index (χ0) is 11.4. The highest BCUT2D eigenvalue weighted by molar-refractivity contribution is 5.46. The number of benzene rings is 1. The second-order valence-corrected chi connectivity index (χ2v) is 4.51. The molecule has 0 bridgehead atoms. The lowest BCUT2D eigenvalue weighted by Crippen LogP contribution is -2.27. The molecule has 16 heavy (non-hydrogen) atoms. The molecule has 3 nitrogen and oxygen atoms in total. The van der Waals surface area contributed by atoms with Crippen molar-refractivity contribution in [3.8, 4) is 0 Å². The summed E-state index contributed by atoms with van der Waals surface area (Å²) in [6.07, 6.45) is 2.47. The molecule has 0 aromatic heterocycles. The summed E-state index contributed by atoms with van der Waals surface area (Å²) in [5.41, 5.74) is 9.54. The molecule has 0 unspecified atom stereocenters. The molecule has 1 aliphatic heterocycles. The summed E-state index contributed by atoms with van der Waals surface area (Å²) in [6.45, 7) is 3.17. The molecule has 0 atom stereocenters. The van der Waals surface area contributed by atoms with E-state index in [0.29, 0.717) is 5.92 Å². The van der Waals surface area contributed by atoms with Crippen molar-refractivity contribution in [1.82, 2.24) is 10.6 Å². The van der Waals surface area contributed by atoms with Crippen molar-refractivity contribution in [2.75, 3.05) is 25.9 Å². The van der Waals surface area contributed by atoms with Crippen molar-refractivity contribution in [1.29, 1.82) is 0 Å². The molecule has 88 valence electrons. The monoisotopic (exact) mass is 219 g/mol. The summed E-state index contributed by atoms with van der Waals surface area (Å²) in [5.74, 6) is 0.699. The molecule has 1 aromatic carbocycles. The van der Waals surface area contributed by atoms with Crippen LogP contribution in [0.15, 0.2) is 18.2 Å². The Balaban J connectivity index is 2.23. The van der Waals surface area contributed by atoms with E-state index in [1.165, 1.54) is 24.0 Å². The predicted molar refractivity (Wildman–Crippen MR) is 68.5 cm³/mol. The van der Waals surface area contributed by atoms with Crippen LogP contribution in [0, 0.1) is 0 Å². The molecule has 2 rings (SSSR count). The first kappa shape index (κ1) is 11.4. The standard InChI is InChI=1S/C13H21N3/c1-15-9-11-8-12(14)2-3-13(11)10-4-6-16-7-5-10/h2-3,8,10,15-16H,4-7,9,14H2,1H3. The molecular weight excluding hydrogens is 198 g/mol. The molecule has 1 heterocycles. The van der Waals surface area contributed by atoms with Crippen LogP contribution in [-0.2, 0) is 6.54 Å². The molecule has 0 amide bonds. The van der Waals surface area contributed by atoms with Crippen molar-refractivity contribution in [3.63, 3.8) is 0 Å². The largest absolute Gasteiger partial charge is 0.399 e. The zero-order valence-electron chi connectivity index (χ0n) is 9.92. The topological polar surface area (TPSA) is 50.1 Å². The number of hydrogen-bond acceptors (Lipinski definition) is 3. The highest BCUT2D eigenvalue weighted by atomic mass is 14.9. The third-order valence-electron chi connectivity index (χ3n) is 3.31. The van der Waals surface area contributed by atoms with E-state index in [0.717, 1.165) is 25.3 Å². The van der Waals surface area contributed by atoms with Crippen LogP contribution < -0.4 is 16.4 Å². The van der Waals surface area contributed by atoms with Gasteiger partial charge in [-0.15, -0.1) is 0 Å². The Kier molecular flexibility index (Phi) is 3.80. The summed E-state index contributed by atoms with van der Waals surface area (Å²) in [6, 6.07) is 6.34. The summed E-state index contributed by atoms with van der Waals surface area (Å²) >= 11 is 0. The van der Waals surface area contributed by atoms with Crippen LogP contribution in [0.3, 0.4) is 0 Å². The van der Waals surface area contributed by atoms with E-state index in [-0.39, 0.29) is 0 Å². The van der Waals surface area contributed by atoms with Gasteiger partial charge in [-0.25, -0.2) is 0 Å². The number of nitrogens with two attached hydrogens (primary N) is 1. The van der Waals surface area contributed by atoms with Crippen LogP contribution in [-0.4, -0.2) is 20.1 Å². The van der Waals surface area contributed by atoms with Crippen LogP contribution >= 0.6 is 0 Å². The second-order valence-electron chi connectivity index (χ2n) is 4.51. The van der Waals surface area contributed by atoms with Gasteiger partial charge in [0.1, 0.15) is 0 Å². The fraction of sp³-hybridized carbons (Fsp3) is 0.538. The Bertz CT molecular complexity index is 343. The Morgan fingerprint density at radius 3 is 2.81 bits per heavy atom. The van der Waals surface area contributed by atoms with Crippen LogP contribution in [0.2, 0.25) is 0 Å². The normalized spacial score (nSPS) is 17.6. The van der Waals surface area contributed by atoms with Gasteiger partial charge in [0.2, 0.25) is 0 Å². The van der Waals surface area contributed by atoms with Crippen molar-refractivity contribution in [3.05, 3.63) is 29.3 Å². The van der Waals surface area contributed by atoms with Gasteiger partial charge in [0.15, 0.2) is 0 Å². The molecule has 0 radical (unpaired) electrons. The van der Waals surface area contributed by atoms with Gasteiger partial charge in [0.25, 0.3) is 0 Å². The van der Waals surface area contributed by atoms with Crippen molar-refractivity contribution in [2.24, 2.45) is 0 Å². The van der Waals surface area contributed by atoms with E-state index >= 15 is 0 Å². The van der Waals surface area contributed by atoms with Gasteiger partial charge in [-0.2, -0.15) is 0 Å². The molecule has 1 fully saturated rings. The van der Waals surface area contributed by atoms with Crippen LogP contribution in [0.25, 0.3) is 0 Å². The fourth-order valence-electron chi connectivity index (χ4n) is 2.50. The highest BCUT2D eigenvalue weighted by Gasteiger charge is 2.17. The van der Waals surface area contributed by atoms with E-state index in [9.17, 15) is 0 Å². The third-order valence-corrected chi connectivity index (χ3v) is 3.31. The van der Waals surface area contributed by atoms with Crippen LogP contribution in [0.4, 0.5) is 5.69 Å². The minimum Gasteiger partial charge on any atom is -0.399 e. The number of piperidine rings is 1. The zero-order valence-corrected chi connectivity index (χ0v) is 9.92. The Hall–Kier alpha value is -1.06. The molecule has 1 aromatic rings. The Morgan fingerprint density at radius 1 is 1.38 bits per heavy atom. The first-order valence-corrected chi connectivity index (χ1v) is 6.05. The first-order chi connectivity index (χ1) is 7.81. The van der Waals surface area contributed by atoms with Gasteiger partial charge in [0.05, 0.1) is 0 Å². The van der Waals surface area contributed by atoms with Gasteiger partial charge in [-0.05, 0) is 62.2 Å². The van der Waals surface area contributed by atoms with E-state index in [2.05, 4.69) is 22.8 Å². The minimum atomic E-state index is 0.699. The van der Waals surface area contributed by atoms with E-state index in [4.69, 9.17) is 5.73 Å². The maximum atomic E-state index is 5.85. The van der Waals surface area contributed by atoms with Gasteiger partial charge in [-0.1, -0.05) is 6.07 Å². The van der Waals surface area contributed by atoms with Crippen LogP contribution in [0.5, 0.6) is 0 Å². The lowest BCUT2D eigenvalue weighted by molar-refractivity contribution is 0.457. The van der Waals surface area contributed by atoms with Crippen molar-refractivity contribution >= 4 is 5.69 Å². The molecular formula is C13H21N3. The SMILES string of the molecule is CNCc1cc(N)ccc1C1CCNCC1. The smallest absolute Gasteiger partial charge is 0.0317 e. The molecule has 4 N–H and O–H groups in total. The first-order valence-electron chi connectivity index (χ1n) is 6.05. The number of nitrogen functional groups attached to an aromatic ring is 1. The number of rotatable bonds is 3. The minimum absolute atomic E-state index is 0.699. The number of anilines is 1. The third kappa shape index (κ3) is 2.54. The quantitative estimate of drug-likeness (QED) is 0.675. The lowest BCUT2D eigenvalue weighted by Gasteiger charge is -2.25. The molecule has 1 saturated heterocycles. The average Bonchev–Trinajstić information content (AvgIpc) is 2.31. The highest BCUT2D eigenvalue weighted by Crippen LogP contribution is 2.29. The maximum Gasteiger partial charge on any atom is 0.0317 e. The lowest BCUT2D eigenvalue weighted by atomic mass is 9.87. The van der Waals surface area contributed by atoms with Crippen molar-refractivity contribution < 1.29 is 0 Å². The molecule has 0 saturated carbocycles. The molecule has 0 aliphatic carbocycles. The summed E-state index contributed by atoms with van der Waals surface area (Å²) in [5, 5.41) is 6.63. The molecule has 1 aliphatic rings. The summed E-state index contributed by atoms with van der Waals surface area (Å²) in [4.78, 5) is 0. The second kappa shape index (κ2) is 5.32. The number of hydrogen-bond donors (Lipinski definition) is 3. The Labute approximate surface area is 97.4 Å².